The summed E-state index contributed by atoms with van der Waals surface area (Å²) in [6.07, 6.45) is -1.36. The number of imide groups is 1. The second kappa shape index (κ2) is 11.8. The summed E-state index contributed by atoms with van der Waals surface area (Å²) >= 11 is 0. The third-order valence-electron chi connectivity index (χ3n) is 4.54. The fourth-order valence-electron chi connectivity index (χ4n) is 2.87. The molecule has 3 aromatic carbocycles. The Morgan fingerprint density at radius 1 is 0.794 bits per heavy atom. The zero-order chi connectivity index (χ0) is 24.3. The van der Waals surface area contributed by atoms with E-state index in [1.165, 1.54) is 7.05 Å². The highest BCUT2D eigenvalue weighted by Crippen LogP contribution is 2.21. The highest BCUT2D eigenvalue weighted by molar-refractivity contribution is 5.98. The molecule has 0 saturated heterocycles. The zero-order valence-electron chi connectivity index (χ0n) is 18.3. The number of rotatable bonds is 8. The van der Waals surface area contributed by atoms with Crippen LogP contribution in [0.3, 0.4) is 0 Å². The highest BCUT2D eigenvalue weighted by Gasteiger charge is 2.26. The monoisotopic (exact) mass is 461 g/mol. The molecule has 9 heteroatoms. The molecule has 0 heterocycles. The molecule has 0 aliphatic rings. The van der Waals surface area contributed by atoms with Gasteiger partial charge in [0, 0.05) is 18.2 Å². The van der Waals surface area contributed by atoms with E-state index in [2.05, 4.69) is 16.0 Å². The molecule has 3 rings (SSSR count). The van der Waals surface area contributed by atoms with Crippen molar-refractivity contribution in [3.05, 3.63) is 96.1 Å². The summed E-state index contributed by atoms with van der Waals surface area (Å²) in [6, 6.07) is 23.1. The van der Waals surface area contributed by atoms with Crippen LogP contribution in [-0.4, -0.2) is 37.4 Å². The number of carbonyl (C=O) groups excluding carboxylic acids is 4. The van der Waals surface area contributed by atoms with E-state index in [-0.39, 0.29) is 0 Å². The molecule has 1 atom stereocenters. The number of urea groups is 1. The van der Waals surface area contributed by atoms with E-state index in [4.69, 9.17) is 9.47 Å². The van der Waals surface area contributed by atoms with Crippen LogP contribution >= 0.6 is 0 Å². The lowest BCUT2D eigenvalue weighted by Gasteiger charge is -2.17. The summed E-state index contributed by atoms with van der Waals surface area (Å²) in [5.74, 6) is -0.960. The Kier molecular flexibility index (Phi) is 8.34. The van der Waals surface area contributed by atoms with Crippen LogP contribution in [0.25, 0.3) is 0 Å². The summed E-state index contributed by atoms with van der Waals surface area (Å²) in [5, 5.41) is 6.79. The maximum Gasteiger partial charge on any atom is 0.326 e. The molecule has 3 N–H and O–H groups in total. The van der Waals surface area contributed by atoms with Gasteiger partial charge in [-0.2, -0.15) is 0 Å². The molecule has 0 aliphatic heterocycles. The summed E-state index contributed by atoms with van der Waals surface area (Å²) in [7, 11) is 1.35. The van der Waals surface area contributed by atoms with Crippen LogP contribution in [0.15, 0.2) is 84.9 Å². The van der Waals surface area contributed by atoms with Gasteiger partial charge in [-0.1, -0.05) is 48.5 Å². The first kappa shape index (κ1) is 24.0. The van der Waals surface area contributed by atoms with Gasteiger partial charge < -0.3 is 20.1 Å². The maximum absolute atomic E-state index is 12.4. The number of nitrogens with one attached hydrogen (secondary N) is 3. The molecular formula is C25H23N3O6. The average molecular weight is 461 g/mol. The quantitative estimate of drug-likeness (QED) is 0.443. The summed E-state index contributed by atoms with van der Waals surface area (Å²) in [4.78, 5) is 48.7. The van der Waals surface area contributed by atoms with Gasteiger partial charge in [0.15, 0.2) is 0 Å². The van der Waals surface area contributed by atoms with E-state index in [9.17, 15) is 19.2 Å². The number of para-hydroxylation sites is 1. The molecule has 0 spiro atoms. The average Bonchev–Trinajstić information content (AvgIpc) is 2.87. The topological polar surface area (TPSA) is 123 Å². The molecule has 9 nitrogen and oxygen atoms in total. The molecule has 4 amide bonds. The Morgan fingerprint density at radius 3 is 2.00 bits per heavy atom. The maximum atomic E-state index is 12.4. The van der Waals surface area contributed by atoms with E-state index in [0.717, 1.165) is 0 Å². The van der Waals surface area contributed by atoms with Gasteiger partial charge in [0.1, 0.15) is 18.0 Å². The van der Waals surface area contributed by atoms with Gasteiger partial charge in [0.25, 0.3) is 11.8 Å². The van der Waals surface area contributed by atoms with Crippen LogP contribution in [0.4, 0.5) is 4.79 Å². The minimum absolute atomic E-state index is 0.310. The molecule has 0 saturated carbocycles. The third kappa shape index (κ3) is 6.92. The van der Waals surface area contributed by atoms with E-state index in [1.54, 1.807) is 54.6 Å². The van der Waals surface area contributed by atoms with Crippen molar-refractivity contribution in [3.63, 3.8) is 0 Å². The van der Waals surface area contributed by atoms with Crippen LogP contribution in [-0.2, 0) is 14.3 Å². The van der Waals surface area contributed by atoms with Gasteiger partial charge in [0.2, 0.25) is 6.10 Å². The SMILES string of the molecule is CNC(=O)NC(=O)C(OC(=O)CNC(=O)c1ccc(Oc2ccccc2)cc1)c1ccccc1. The van der Waals surface area contributed by atoms with Crippen molar-refractivity contribution in [1.29, 1.82) is 0 Å². The lowest BCUT2D eigenvalue weighted by atomic mass is 10.1. The molecule has 34 heavy (non-hydrogen) atoms. The van der Waals surface area contributed by atoms with Gasteiger partial charge in [-0.15, -0.1) is 0 Å². The molecular weight excluding hydrogens is 438 g/mol. The standard InChI is InChI=1S/C25H23N3O6/c1-26-25(32)28-24(31)22(17-8-4-2-5-9-17)34-21(29)16-27-23(30)18-12-14-20(15-13-18)33-19-10-6-3-7-11-19/h2-15,22H,16H2,1H3,(H,27,30)(H2,26,28,31,32). The molecule has 3 aromatic rings. The normalized spacial score (nSPS) is 11.0. The van der Waals surface area contributed by atoms with Crippen molar-refractivity contribution in [1.82, 2.24) is 16.0 Å². The largest absolute Gasteiger partial charge is 0.457 e. The van der Waals surface area contributed by atoms with Gasteiger partial charge >= 0.3 is 12.0 Å². The second-order valence-corrected chi connectivity index (χ2v) is 6.97. The van der Waals surface area contributed by atoms with Gasteiger partial charge in [-0.3, -0.25) is 19.7 Å². The number of carbonyl (C=O) groups is 4. The summed E-state index contributed by atoms with van der Waals surface area (Å²) < 4.78 is 10.9. The van der Waals surface area contributed by atoms with Crippen molar-refractivity contribution in [3.8, 4) is 11.5 Å². The Morgan fingerprint density at radius 2 is 1.38 bits per heavy atom. The first-order valence-corrected chi connectivity index (χ1v) is 10.3. The molecule has 0 bridgehead atoms. The van der Waals surface area contributed by atoms with Gasteiger partial charge in [-0.05, 0) is 36.4 Å². The molecule has 0 aromatic heterocycles. The molecule has 0 fully saturated rings. The van der Waals surface area contributed by atoms with Crippen molar-refractivity contribution >= 4 is 23.8 Å². The lowest BCUT2D eigenvalue weighted by Crippen LogP contribution is -2.42. The number of hydrogen-bond donors (Lipinski definition) is 3. The van der Waals surface area contributed by atoms with Crippen molar-refractivity contribution in [2.45, 2.75) is 6.10 Å². The van der Waals surface area contributed by atoms with Crippen LogP contribution in [0.2, 0.25) is 0 Å². The highest BCUT2D eigenvalue weighted by atomic mass is 16.5. The van der Waals surface area contributed by atoms with E-state index in [0.29, 0.717) is 22.6 Å². The predicted octanol–water partition coefficient (Wildman–Crippen LogP) is 2.95. The molecule has 174 valence electrons. The summed E-state index contributed by atoms with van der Waals surface area (Å²) in [5.41, 5.74) is 0.683. The van der Waals surface area contributed by atoms with Gasteiger partial charge in [-0.25, -0.2) is 4.79 Å². The van der Waals surface area contributed by atoms with Crippen LogP contribution in [0.5, 0.6) is 11.5 Å². The Bertz CT molecular complexity index is 1130. The Balaban J connectivity index is 1.57. The third-order valence-corrected chi connectivity index (χ3v) is 4.54. The van der Waals surface area contributed by atoms with E-state index in [1.807, 2.05) is 30.3 Å². The lowest BCUT2D eigenvalue weighted by molar-refractivity contribution is -0.155. The minimum Gasteiger partial charge on any atom is -0.457 e. The smallest absolute Gasteiger partial charge is 0.326 e. The van der Waals surface area contributed by atoms with Crippen LogP contribution in [0, 0.1) is 0 Å². The Hall–Kier alpha value is -4.66. The fourth-order valence-corrected chi connectivity index (χ4v) is 2.87. The first-order valence-electron chi connectivity index (χ1n) is 10.3. The Labute approximate surface area is 196 Å². The molecule has 1 unspecified atom stereocenters. The number of hydrogen-bond acceptors (Lipinski definition) is 6. The first-order chi connectivity index (χ1) is 16.5. The minimum atomic E-state index is -1.36. The second-order valence-electron chi connectivity index (χ2n) is 6.97. The number of esters is 1. The van der Waals surface area contributed by atoms with Crippen molar-refractivity contribution in [2.75, 3.05) is 13.6 Å². The fraction of sp³-hybridized carbons (Fsp3) is 0.120. The van der Waals surface area contributed by atoms with E-state index < -0.39 is 36.5 Å². The molecule has 0 aliphatic carbocycles. The van der Waals surface area contributed by atoms with Gasteiger partial charge in [0.05, 0.1) is 0 Å². The van der Waals surface area contributed by atoms with Crippen molar-refractivity contribution in [2.24, 2.45) is 0 Å². The van der Waals surface area contributed by atoms with Crippen LogP contribution in [0.1, 0.15) is 22.0 Å². The number of ether oxygens (including phenoxy) is 2. The summed E-state index contributed by atoms with van der Waals surface area (Å²) in [6.45, 7) is -0.475. The number of benzene rings is 3. The molecule has 0 radical (unpaired) electrons. The van der Waals surface area contributed by atoms with E-state index >= 15 is 0 Å². The van der Waals surface area contributed by atoms with Crippen molar-refractivity contribution < 1.29 is 28.7 Å². The number of amides is 4. The van der Waals surface area contributed by atoms with Crippen LogP contribution < -0.4 is 20.7 Å². The predicted molar refractivity (Wildman–Crippen MR) is 123 cm³/mol. The zero-order valence-corrected chi connectivity index (χ0v) is 18.3.